The summed E-state index contributed by atoms with van der Waals surface area (Å²) in [7, 11) is 0. The van der Waals surface area contributed by atoms with E-state index in [1.807, 2.05) is 79.7 Å². The number of nitrogens with one attached hydrogen (secondary N) is 4. The molecule has 9 rings (SSSR count). The van der Waals surface area contributed by atoms with Gasteiger partial charge in [0.2, 0.25) is 0 Å². The molecular formula is C70H68Cl3F6N9O12S3. The highest BCUT2D eigenvalue weighted by atomic mass is 35.5. The molecule has 0 atom stereocenters. The lowest BCUT2D eigenvalue weighted by Gasteiger charge is -2.19. The van der Waals surface area contributed by atoms with E-state index in [0.29, 0.717) is 85.2 Å². The molecular weight excluding hydrogens is 1480 g/mol. The fraction of sp³-hybridized carbons (Fsp3) is 0.271. The number of amides is 6. The van der Waals surface area contributed by atoms with E-state index in [2.05, 4.69) is 66.5 Å². The van der Waals surface area contributed by atoms with Crippen molar-refractivity contribution in [2.45, 2.75) is 91.2 Å². The van der Waals surface area contributed by atoms with Crippen LogP contribution < -0.4 is 61.2 Å². The highest BCUT2D eigenvalue weighted by molar-refractivity contribution is 7.12. The van der Waals surface area contributed by atoms with Crippen LogP contribution in [-0.4, -0.2) is 96.1 Å². The number of hydrogen-bond donors (Lipinski definition) is 6. The zero-order chi connectivity index (χ0) is 74.9. The SMILES string of the molecule is CC(C)(C)c1ccc(OCC(=O)NCc2nc(C(=O)NCCc3cccc(Cl)c3)cs2)cc1.CCOc1ccc(CCc2sc(CNC(=O)COc3ccc(OC(F)(F)F)cc3)nc2C(N)=O)cc1.NC(=O)c1nc(CNC(=O)COc2ccc(OC(F)(F)F)cc2)sc1Cc1cc(Cl)cc(Cl)c1. The van der Waals surface area contributed by atoms with Gasteiger partial charge in [0, 0.05) is 43.2 Å². The first-order valence-corrected chi connectivity index (χ1v) is 34.7. The minimum absolute atomic E-state index is 0.0157. The molecule has 0 aliphatic carbocycles. The van der Waals surface area contributed by atoms with Crippen LogP contribution >= 0.6 is 68.8 Å². The normalized spacial score (nSPS) is 11.2. The molecule has 0 fully saturated rings. The third-order valence-electron chi connectivity index (χ3n) is 13.7. The van der Waals surface area contributed by atoms with Gasteiger partial charge in [-0.25, -0.2) is 15.0 Å². The number of halogens is 9. The minimum atomic E-state index is -4.80. The molecule has 0 saturated carbocycles. The van der Waals surface area contributed by atoms with Gasteiger partial charge >= 0.3 is 12.7 Å². The highest BCUT2D eigenvalue weighted by Gasteiger charge is 2.32. The molecule has 0 aliphatic heterocycles. The van der Waals surface area contributed by atoms with E-state index >= 15 is 0 Å². The van der Waals surface area contributed by atoms with Gasteiger partial charge in [-0.3, -0.25) is 28.8 Å². The molecule has 0 aliphatic rings. The number of hydrogen-bond acceptors (Lipinski definition) is 18. The van der Waals surface area contributed by atoms with Crippen LogP contribution in [0.25, 0.3) is 0 Å². The summed E-state index contributed by atoms with van der Waals surface area (Å²) in [5.41, 5.74) is 15.6. The summed E-state index contributed by atoms with van der Waals surface area (Å²) >= 11 is 21.8. The number of benzene rings is 6. The molecule has 0 unspecified atom stereocenters. The second-order valence-electron chi connectivity index (χ2n) is 22.8. The molecule has 546 valence electrons. The van der Waals surface area contributed by atoms with E-state index in [9.17, 15) is 55.1 Å². The Morgan fingerprint density at radius 3 is 1.38 bits per heavy atom. The Hall–Kier alpha value is -9.72. The summed E-state index contributed by atoms with van der Waals surface area (Å²) in [6.45, 7) is 8.90. The van der Waals surface area contributed by atoms with E-state index in [0.717, 1.165) is 51.6 Å². The van der Waals surface area contributed by atoms with Gasteiger partial charge in [0.15, 0.2) is 19.8 Å². The molecule has 0 radical (unpaired) electrons. The van der Waals surface area contributed by atoms with Crippen molar-refractivity contribution in [1.82, 2.24) is 36.2 Å². The summed E-state index contributed by atoms with van der Waals surface area (Å²) in [5.74, 6) is -1.84. The molecule has 103 heavy (non-hydrogen) atoms. The predicted molar refractivity (Wildman–Crippen MR) is 379 cm³/mol. The molecule has 21 nitrogen and oxygen atoms in total. The zero-order valence-electron chi connectivity index (χ0n) is 55.4. The van der Waals surface area contributed by atoms with Crippen LogP contribution in [0.3, 0.4) is 0 Å². The van der Waals surface area contributed by atoms with Crippen molar-refractivity contribution in [2.24, 2.45) is 11.5 Å². The second kappa shape index (κ2) is 38.5. The quantitative estimate of drug-likeness (QED) is 0.0228. The first kappa shape index (κ1) is 80.6. The largest absolute Gasteiger partial charge is 0.573 e. The fourth-order valence-corrected chi connectivity index (χ4v) is 12.5. The molecule has 3 aromatic heterocycles. The lowest BCUT2D eigenvalue weighted by molar-refractivity contribution is -0.275. The molecule has 8 N–H and O–H groups in total. The average Bonchev–Trinajstić information content (AvgIpc) is 1.72. The second-order valence-corrected chi connectivity index (χ2v) is 27.4. The van der Waals surface area contributed by atoms with Crippen LogP contribution in [0.15, 0.2) is 145 Å². The van der Waals surface area contributed by atoms with Crippen molar-refractivity contribution in [3.8, 4) is 34.5 Å². The molecule has 0 bridgehead atoms. The third kappa shape index (κ3) is 28.9. The van der Waals surface area contributed by atoms with Gasteiger partial charge in [-0.1, -0.05) is 92.0 Å². The van der Waals surface area contributed by atoms with Crippen molar-refractivity contribution in [3.63, 3.8) is 0 Å². The van der Waals surface area contributed by atoms with Crippen molar-refractivity contribution in [1.29, 1.82) is 0 Å². The van der Waals surface area contributed by atoms with E-state index < -0.39 is 47.9 Å². The zero-order valence-corrected chi connectivity index (χ0v) is 60.1. The number of thiazole rings is 3. The maximum absolute atomic E-state index is 12.3. The molecule has 3 heterocycles. The highest BCUT2D eigenvalue weighted by Crippen LogP contribution is 2.30. The Morgan fingerprint density at radius 2 is 0.913 bits per heavy atom. The van der Waals surface area contributed by atoms with E-state index in [-0.39, 0.29) is 79.6 Å². The van der Waals surface area contributed by atoms with Crippen molar-refractivity contribution in [3.05, 3.63) is 224 Å². The molecule has 6 amide bonds. The standard InChI is InChI=1S/C25H28ClN3O3S.C24H24F3N3O5S.C21H16Cl2F3N3O4S/c1-25(2,3)18-7-9-20(10-8-18)32-15-22(30)28-14-23-29-21(16-33-23)24(31)27-12-11-17-5-4-6-19(26)13-17;1-2-33-16-6-3-15(4-7-16)5-12-19-22(23(28)32)30-21(36-19)13-29-20(31)14-34-17-8-10-18(11-9-17)35-24(25,26)27;22-12-5-11(6-13(23)8-12)7-16-19(20(27)31)29-18(34-16)9-28-17(30)10-32-14-1-3-15(4-2-14)33-21(24,25)26/h4-10,13,16H,11-12,14-15H2,1-3H3,(H,27,31)(H,28,30);3-4,6-11H,2,5,12-14H2,1H3,(H2,28,32)(H,29,31);1-6,8H,7,9-10H2,(H2,27,31)(H,28,30). The number of aromatic nitrogens is 3. The smallest absolute Gasteiger partial charge is 0.494 e. The Labute approximate surface area is 614 Å². The lowest BCUT2D eigenvalue weighted by Crippen LogP contribution is -2.28. The lowest BCUT2D eigenvalue weighted by atomic mass is 9.87. The van der Waals surface area contributed by atoms with Gasteiger partial charge in [0.1, 0.15) is 66.6 Å². The predicted octanol–water partition coefficient (Wildman–Crippen LogP) is 13.5. The van der Waals surface area contributed by atoms with Crippen LogP contribution in [-0.2, 0) is 65.1 Å². The molecule has 0 saturated heterocycles. The van der Waals surface area contributed by atoms with Gasteiger partial charge in [-0.05, 0) is 157 Å². The number of alkyl halides is 6. The summed E-state index contributed by atoms with van der Waals surface area (Å²) in [6, 6.07) is 37.2. The van der Waals surface area contributed by atoms with Crippen LogP contribution in [0.4, 0.5) is 26.3 Å². The number of ether oxygens (including phenoxy) is 6. The summed E-state index contributed by atoms with van der Waals surface area (Å²) < 4.78 is 102. The molecule has 6 aromatic carbocycles. The first-order chi connectivity index (χ1) is 48.8. The van der Waals surface area contributed by atoms with Crippen LogP contribution in [0.1, 0.15) is 106 Å². The van der Waals surface area contributed by atoms with Gasteiger partial charge in [0.25, 0.3) is 35.4 Å². The summed E-state index contributed by atoms with van der Waals surface area (Å²) in [5, 5.41) is 15.7. The van der Waals surface area contributed by atoms with Crippen molar-refractivity contribution < 1.29 is 83.5 Å². The number of aryl methyl sites for hydroxylation is 2. The van der Waals surface area contributed by atoms with E-state index in [4.69, 9.17) is 65.2 Å². The Kier molecular flexibility index (Phi) is 30.1. The molecule has 9 aromatic rings. The Morgan fingerprint density at radius 1 is 0.476 bits per heavy atom. The van der Waals surface area contributed by atoms with Crippen LogP contribution in [0, 0.1) is 0 Å². The van der Waals surface area contributed by atoms with Gasteiger partial charge in [-0.15, -0.1) is 60.4 Å². The fourth-order valence-electron chi connectivity index (χ4n) is 8.95. The topological polar surface area (TPSA) is 297 Å². The summed E-state index contributed by atoms with van der Waals surface area (Å²) in [4.78, 5) is 86.3. The number of carbonyl (C=O) groups is 6. The Bertz CT molecular complexity index is 4290. The van der Waals surface area contributed by atoms with Gasteiger partial charge < -0.3 is 61.2 Å². The Balaban J connectivity index is 0.000000216. The van der Waals surface area contributed by atoms with Crippen LogP contribution in [0.2, 0.25) is 15.1 Å². The first-order valence-electron chi connectivity index (χ1n) is 31.0. The number of nitrogens with zero attached hydrogens (tertiary/aromatic N) is 3. The monoisotopic (exact) mass is 1540 g/mol. The van der Waals surface area contributed by atoms with Crippen molar-refractivity contribution in [2.75, 3.05) is 33.0 Å². The molecule has 33 heteroatoms. The van der Waals surface area contributed by atoms with Gasteiger partial charge in [0.05, 0.1) is 26.2 Å². The number of primary amides is 2. The number of rotatable bonds is 30. The third-order valence-corrected chi connectivity index (χ3v) is 17.4. The minimum Gasteiger partial charge on any atom is -0.494 e. The van der Waals surface area contributed by atoms with Crippen molar-refractivity contribution >= 4 is 104 Å². The maximum atomic E-state index is 12.3. The van der Waals surface area contributed by atoms with Crippen LogP contribution in [0.5, 0.6) is 34.5 Å². The van der Waals surface area contributed by atoms with E-state index in [1.165, 1.54) is 63.8 Å². The number of nitrogens with two attached hydrogens (primary N) is 2. The van der Waals surface area contributed by atoms with E-state index in [1.54, 1.807) is 23.6 Å². The maximum Gasteiger partial charge on any atom is 0.573 e. The number of carbonyl (C=O) groups excluding carboxylic acids is 6. The molecule has 0 spiro atoms. The summed E-state index contributed by atoms with van der Waals surface area (Å²) in [6.07, 6.45) is -7.37. The average molecular weight is 1540 g/mol. The van der Waals surface area contributed by atoms with Gasteiger partial charge in [-0.2, -0.15) is 0 Å².